The fourth-order valence-electron chi connectivity index (χ4n) is 1.10. The number of hydrogen-bond acceptors (Lipinski definition) is 7. The minimum Gasteiger partial charge on any atom is -0.549 e. The van der Waals surface area contributed by atoms with Crippen molar-refractivity contribution < 1.29 is 9.90 Å². The largest absolute Gasteiger partial charge is 0.549 e. The number of nitrogen functional groups attached to an aromatic ring is 1. The Labute approximate surface area is 94.5 Å². The monoisotopic (exact) mass is 238 g/mol. The lowest BCUT2D eigenvalue weighted by Crippen LogP contribution is -2.31. The molecule has 1 atom stereocenters. The number of aromatic nitrogens is 4. The van der Waals surface area contributed by atoms with Crippen LogP contribution in [0.4, 0.5) is 5.82 Å². The van der Waals surface area contributed by atoms with Crippen LogP contribution in [0, 0.1) is 0 Å². The molecule has 0 aliphatic carbocycles. The maximum atomic E-state index is 10.6. The summed E-state index contributed by atoms with van der Waals surface area (Å²) in [5.41, 5.74) is 6.53. The highest BCUT2D eigenvalue weighted by atomic mass is 32.2. The second-order valence-corrected chi connectivity index (χ2v) is 4.41. The third-order valence-electron chi connectivity index (χ3n) is 1.92. The molecule has 2 heterocycles. The van der Waals surface area contributed by atoms with E-state index >= 15 is 0 Å². The van der Waals surface area contributed by atoms with Crippen molar-refractivity contribution in [1.29, 1.82) is 0 Å². The lowest BCUT2D eigenvalue weighted by molar-refractivity contribution is -0.304. The quantitative estimate of drug-likeness (QED) is 0.669. The van der Waals surface area contributed by atoms with Gasteiger partial charge in [0.05, 0.1) is 5.97 Å². The van der Waals surface area contributed by atoms with Gasteiger partial charge in [-0.05, 0) is 6.92 Å². The first kappa shape index (κ1) is 10.7. The number of carboxylic acid groups (broad SMARTS) is 1. The number of nitrogens with zero attached hydrogens (tertiary/aromatic N) is 3. The summed E-state index contributed by atoms with van der Waals surface area (Å²) in [4.78, 5) is 25.2. The lowest BCUT2D eigenvalue weighted by Gasteiger charge is -2.08. The number of hydrogen-bond donors (Lipinski definition) is 2. The van der Waals surface area contributed by atoms with Crippen LogP contribution < -0.4 is 10.8 Å². The van der Waals surface area contributed by atoms with Crippen LogP contribution in [0.2, 0.25) is 0 Å². The average molecular weight is 238 g/mol. The number of nitrogens with one attached hydrogen (secondary N) is 1. The zero-order valence-electron chi connectivity index (χ0n) is 8.30. The zero-order valence-corrected chi connectivity index (χ0v) is 9.11. The minimum atomic E-state index is -1.15. The van der Waals surface area contributed by atoms with E-state index in [1.807, 2.05) is 0 Å². The molecule has 0 bridgehead atoms. The number of H-pyrrole nitrogens is 1. The second kappa shape index (κ2) is 3.97. The van der Waals surface area contributed by atoms with E-state index in [9.17, 15) is 9.90 Å². The zero-order chi connectivity index (χ0) is 11.7. The van der Waals surface area contributed by atoms with Crippen LogP contribution in [0.1, 0.15) is 6.92 Å². The van der Waals surface area contributed by atoms with Gasteiger partial charge in [-0.1, -0.05) is 11.8 Å². The van der Waals surface area contributed by atoms with Gasteiger partial charge >= 0.3 is 0 Å². The SMILES string of the molecule is CC(Sc1nc2ncnc(N)c2[nH]1)C(=O)[O-]. The van der Waals surface area contributed by atoms with E-state index < -0.39 is 11.2 Å². The molecular formula is C8H8N5O2S-. The van der Waals surface area contributed by atoms with Crippen LogP contribution in [0.5, 0.6) is 0 Å². The molecule has 2 rings (SSSR count). The number of carbonyl (C=O) groups is 1. The van der Waals surface area contributed by atoms with Crippen molar-refractivity contribution in [2.75, 3.05) is 5.73 Å². The van der Waals surface area contributed by atoms with Gasteiger partial charge < -0.3 is 20.6 Å². The molecule has 0 amide bonds. The van der Waals surface area contributed by atoms with Gasteiger partial charge in [-0.15, -0.1) is 0 Å². The van der Waals surface area contributed by atoms with Gasteiger partial charge in [-0.3, -0.25) is 0 Å². The molecule has 0 aromatic carbocycles. The molecule has 16 heavy (non-hydrogen) atoms. The Kier molecular flexibility index (Phi) is 2.65. The number of carbonyl (C=O) groups excluding carboxylic acids is 1. The Morgan fingerprint density at radius 3 is 3.00 bits per heavy atom. The average Bonchev–Trinajstić information content (AvgIpc) is 2.61. The van der Waals surface area contributed by atoms with E-state index in [4.69, 9.17) is 5.73 Å². The molecule has 0 radical (unpaired) electrons. The maximum Gasteiger partial charge on any atom is 0.183 e. The normalized spacial score (nSPS) is 12.8. The van der Waals surface area contributed by atoms with Gasteiger partial charge in [0.25, 0.3) is 0 Å². The van der Waals surface area contributed by atoms with Crippen molar-refractivity contribution in [3.05, 3.63) is 6.33 Å². The van der Waals surface area contributed by atoms with Crippen molar-refractivity contribution in [3.8, 4) is 0 Å². The summed E-state index contributed by atoms with van der Waals surface area (Å²) < 4.78 is 0. The van der Waals surface area contributed by atoms with Gasteiger partial charge in [0, 0.05) is 5.25 Å². The molecule has 1 unspecified atom stereocenters. The molecule has 0 saturated carbocycles. The van der Waals surface area contributed by atoms with Crippen molar-refractivity contribution in [2.24, 2.45) is 0 Å². The van der Waals surface area contributed by atoms with E-state index in [2.05, 4.69) is 19.9 Å². The van der Waals surface area contributed by atoms with Crippen LogP contribution in [0.3, 0.4) is 0 Å². The summed E-state index contributed by atoms with van der Waals surface area (Å²) in [5, 5.41) is 10.3. The molecule has 8 heteroatoms. The van der Waals surface area contributed by atoms with Crippen LogP contribution in [0.25, 0.3) is 11.2 Å². The van der Waals surface area contributed by atoms with Gasteiger partial charge in [-0.25, -0.2) is 15.0 Å². The van der Waals surface area contributed by atoms with Crippen molar-refractivity contribution in [2.45, 2.75) is 17.3 Å². The molecule has 0 saturated heterocycles. The number of fused-ring (bicyclic) bond motifs is 1. The summed E-state index contributed by atoms with van der Waals surface area (Å²) >= 11 is 1.03. The predicted octanol–water partition coefficient (Wildman–Crippen LogP) is -0.834. The molecule has 0 aliphatic heterocycles. The lowest BCUT2D eigenvalue weighted by atomic mass is 10.5. The Balaban J connectivity index is 2.33. The Hall–Kier alpha value is -1.83. The number of aromatic amines is 1. The molecule has 0 aliphatic rings. The number of anilines is 1. The van der Waals surface area contributed by atoms with Crippen molar-refractivity contribution >= 4 is 34.7 Å². The number of rotatable bonds is 3. The molecule has 0 fully saturated rings. The van der Waals surface area contributed by atoms with E-state index in [0.717, 1.165) is 11.8 Å². The fraction of sp³-hybridized carbons (Fsp3) is 0.250. The summed E-state index contributed by atoms with van der Waals surface area (Å²) in [5.74, 6) is -0.866. The number of aliphatic carboxylic acids is 1. The van der Waals surface area contributed by atoms with Crippen LogP contribution in [-0.4, -0.2) is 31.2 Å². The van der Waals surface area contributed by atoms with E-state index in [-0.39, 0.29) is 5.82 Å². The Morgan fingerprint density at radius 2 is 2.38 bits per heavy atom. The van der Waals surface area contributed by atoms with Crippen LogP contribution in [0.15, 0.2) is 11.5 Å². The molecule has 0 spiro atoms. The second-order valence-electron chi connectivity index (χ2n) is 3.08. The Morgan fingerprint density at radius 1 is 1.62 bits per heavy atom. The smallest absolute Gasteiger partial charge is 0.183 e. The number of nitrogens with two attached hydrogens (primary N) is 1. The van der Waals surface area contributed by atoms with Gasteiger partial charge in [0.1, 0.15) is 11.8 Å². The maximum absolute atomic E-state index is 10.6. The molecule has 2 aromatic rings. The first-order valence-electron chi connectivity index (χ1n) is 4.41. The summed E-state index contributed by atoms with van der Waals surface area (Å²) in [6, 6.07) is 0. The molecule has 7 nitrogen and oxygen atoms in total. The first-order chi connectivity index (χ1) is 7.58. The third-order valence-corrected chi connectivity index (χ3v) is 2.88. The van der Waals surface area contributed by atoms with E-state index in [1.54, 1.807) is 0 Å². The van der Waals surface area contributed by atoms with Crippen molar-refractivity contribution in [3.63, 3.8) is 0 Å². The van der Waals surface area contributed by atoms with Crippen LogP contribution >= 0.6 is 11.8 Å². The van der Waals surface area contributed by atoms with Crippen molar-refractivity contribution in [1.82, 2.24) is 19.9 Å². The Bertz CT molecular complexity index is 540. The summed E-state index contributed by atoms with van der Waals surface area (Å²) in [7, 11) is 0. The number of carboxylic acids is 1. The van der Waals surface area contributed by atoms with Crippen LogP contribution in [-0.2, 0) is 4.79 Å². The van der Waals surface area contributed by atoms with Gasteiger partial charge in [0.2, 0.25) is 0 Å². The first-order valence-corrected chi connectivity index (χ1v) is 5.29. The molecule has 3 N–H and O–H groups in total. The third kappa shape index (κ3) is 1.91. The van der Waals surface area contributed by atoms with Gasteiger partial charge in [0.15, 0.2) is 16.6 Å². The highest BCUT2D eigenvalue weighted by Gasteiger charge is 2.11. The summed E-state index contributed by atoms with van der Waals surface area (Å²) in [6.45, 7) is 1.52. The topological polar surface area (TPSA) is 121 Å². The number of thioether (sulfide) groups is 1. The van der Waals surface area contributed by atoms with Gasteiger partial charge in [-0.2, -0.15) is 0 Å². The minimum absolute atomic E-state index is 0.283. The highest BCUT2D eigenvalue weighted by Crippen LogP contribution is 2.23. The molecule has 84 valence electrons. The standard InChI is InChI=1S/C8H9N5O2S/c1-3(7(14)15)16-8-12-4-5(9)10-2-11-6(4)13-8/h2-3H,1H3,(H,14,15)(H3,9,10,11,12,13)/p-1. The predicted molar refractivity (Wildman–Crippen MR) is 56.4 cm³/mol. The fourth-order valence-corrected chi connectivity index (χ4v) is 1.83. The highest BCUT2D eigenvalue weighted by molar-refractivity contribution is 8.00. The summed E-state index contributed by atoms with van der Waals surface area (Å²) in [6.07, 6.45) is 1.30. The van der Waals surface area contributed by atoms with E-state index in [1.165, 1.54) is 13.3 Å². The number of imidazole rings is 1. The molecule has 2 aromatic heterocycles. The van der Waals surface area contributed by atoms with E-state index in [0.29, 0.717) is 16.3 Å². The molecular weight excluding hydrogens is 230 g/mol.